The summed E-state index contributed by atoms with van der Waals surface area (Å²) in [6, 6.07) is 11.8. The molecule has 2 aromatic rings. The Labute approximate surface area is 117 Å². The Hall–Kier alpha value is -1.38. The van der Waals surface area contributed by atoms with E-state index in [0.717, 1.165) is 18.4 Å². The van der Waals surface area contributed by atoms with Crippen LogP contribution >= 0.6 is 11.6 Å². The Morgan fingerprint density at radius 2 is 1.95 bits per heavy atom. The van der Waals surface area contributed by atoms with E-state index in [-0.39, 0.29) is 0 Å². The van der Waals surface area contributed by atoms with Crippen LogP contribution in [0.15, 0.2) is 42.5 Å². The maximum absolute atomic E-state index is 13.3. The number of hydrogen-bond donors (Lipinski definition) is 1. The van der Waals surface area contributed by atoms with Crippen molar-refractivity contribution in [1.82, 2.24) is 0 Å². The summed E-state index contributed by atoms with van der Waals surface area (Å²) in [6.07, 6.45) is 1.15. The summed E-state index contributed by atoms with van der Waals surface area (Å²) in [5.41, 5.74) is 2.40. The summed E-state index contributed by atoms with van der Waals surface area (Å²) in [7, 11) is 0. The largest absolute Gasteiger partial charge is 0.384 e. The fraction of sp³-hybridized carbons (Fsp3) is 0.250. The third-order valence-corrected chi connectivity index (χ3v) is 3.22. The van der Waals surface area contributed by atoms with E-state index >= 15 is 0 Å². The monoisotopic (exact) mass is 278 g/mol. The van der Waals surface area contributed by atoms with E-state index in [4.69, 9.17) is 11.6 Å². The lowest BCUT2D eigenvalue weighted by Crippen LogP contribution is -2.01. The number of hydrogen-bond acceptors (Lipinski definition) is 1. The van der Waals surface area contributed by atoms with Crippen molar-refractivity contribution in [2.24, 2.45) is 0 Å². The van der Waals surface area contributed by atoms with Crippen molar-refractivity contribution in [1.29, 1.82) is 0 Å². The molecule has 1 N–H and O–H groups in total. The molecule has 100 valence electrons. The first-order valence-electron chi connectivity index (χ1n) is 6.33. The molecule has 1 unspecified atom stereocenters. The van der Waals surface area contributed by atoms with Crippen molar-refractivity contribution in [2.45, 2.75) is 25.9 Å². The van der Waals surface area contributed by atoms with Crippen molar-refractivity contribution in [3.63, 3.8) is 0 Å². The van der Waals surface area contributed by atoms with Crippen molar-refractivity contribution >= 4 is 11.6 Å². The van der Waals surface area contributed by atoms with Gasteiger partial charge in [0.05, 0.1) is 0 Å². The van der Waals surface area contributed by atoms with Crippen LogP contribution in [0.3, 0.4) is 0 Å². The van der Waals surface area contributed by atoms with Gasteiger partial charge in [-0.25, -0.2) is 4.39 Å². The van der Waals surface area contributed by atoms with Gasteiger partial charge in [0.1, 0.15) is 11.9 Å². The van der Waals surface area contributed by atoms with E-state index in [1.165, 1.54) is 17.7 Å². The predicted molar refractivity (Wildman–Crippen MR) is 75.9 cm³/mol. The molecule has 0 aliphatic heterocycles. The van der Waals surface area contributed by atoms with Gasteiger partial charge in [0.15, 0.2) is 0 Å². The van der Waals surface area contributed by atoms with Crippen LogP contribution in [0, 0.1) is 5.82 Å². The standard InChI is InChI=1S/C16H16ClFO/c1-2-4-11-5-3-6-12(7-11)16(19)13-8-14(17)10-15(18)9-13/h3,5-10,16,19H,2,4H2,1H3. The Bertz CT molecular complexity index is 548. The van der Waals surface area contributed by atoms with Gasteiger partial charge < -0.3 is 5.11 Å². The van der Waals surface area contributed by atoms with Crippen LogP contribution in [-0.4, -0.2) is 5.11 Å². The van der Waals surface area contributed by atoms with Gasteiger partial charge >= 0.3 is 0 Å². The summed E-state index contributed by atoms with van der Waals surface area (Å²) < 4.78 is 13.3. The normalized spacial score (nSPS) is 12.4. The van der Waals surface area contributed by atoms with Crippen molar-refractivity contribution in [2.75, 3.05) is 0 Å². The molecule has 0 aliphatic carbocycles. The minimum atomic E-state index is -0.856. The highest BCUT2D eigenvalue weighted by atomic mass is 35.5. The lowest BCUT2D eigenvalue weighted by molar-refractivity contribution is 0.219. The maximum Gasteiger partial charge on any atom is 0.125 e. The average molecular weight is 279 g/mol. The van der Waals surface area contributed by atoms with Crippen molar-refractivity contribution < 1.29 is 9.50 Å². The maximum atomic E-state index is 13.3. The molecule has 0 saturated heterocycles. The molecular weight excluding hydrogens is 263 g/mol. The molecule has 0 saturated carbocycles. The number of aliphatic hydroxyl groups excluding tert-OH is 1. The Morgan fingerprint density at radius 1 is 1.16 bits per heavy atom. The Morgan fingerprint density at radius 3 is 2.63 bits per heavy atom. The average Bonchev–Trinajstić information content (AvgIpc) is 2.37. The highest BCUT2D eigenvalue weighted by molar-refractivity contribution is 6.30. The molecule has 0 aliphatic rings. The molecule has 1 nitrogen and oxygen atoms in total. The summed E-state index contributed by atoms with van der Waals surface area (Å²) in [5.74, 6) is -0.439. The van der Waals surface area contributed by atoms with Gasteiger partial charge in [-0.15, -0.1) is 0 Å². The molecule has 0 bridgehead atoms. The SMILES string of the molecule is CCCc1cccc(C(O)c2cc(F)cc(Cl)c2)c1. The van der Waals surface area contributed by atoms with Crippen LogP contribution in [0.1, 0.15) is 36.1 Å². The fourth-order valence-electron chi connectivity index (χ4n) is 2.13. The molecule has 0 amide bonds. The molecule has 2 rings (SSSR count). The van der Waals surface area contributed by atoms with Crippen LogP contribution in [0.5, 0.6) is 0 Å². The van der Waals surface area contributed by atoms with Crippen LogP contribution in [-0.2, 0) is 6.42 Å². The molecule has 0 radical (unpaired) electrons. The summed E-state index contributed by atoms with van der Waals surface area (Å²) >= 11 is 5.81. The molecule has 2 aromatic carbocycles. The summed E-state index contributed by atoms with van der Waals surface area (Å²) in [5, 5.41) is 10.6. The molecular formula is C16H16ClFO. The van der Waals surface area contributed by atoms with E-state index in [2.05, 4.69) is 6.92 Å². The van der Waals surface area contributed by atoms with Gasteiger partial charge in [-0.2, -0.15) is 0 Å². The number of benzene rings is 2. The van der Waals surface area contributed by atoms with Crippen molar-refractivity contribution in [3.05, 3.63) is 70.0 Å². The van der Waals surface area contributed by atoms with E-state index in [1.807, 2.05) is 24.3 Å². The molecule has 0 aromatic heterocycles. The number of aliphatic hydroxyl groups is 1. The lowest BCUT2D eigenvalue weighted by Gasteiger charge is -2.13. The minimum Gasteiger partial charge on any atom is -0.384 e. The van der Waals surface area contributed by atoms with E-state index in [9.17, 15) is 9.50 Å². The van der Waals surface area contributed by atoms with E-state index < -0.39 is 11.9 Å². The van der Waals surface area contributed by atoms with Crippen molar-refractivity contribution in [3.8, 4) is 0 Å². The zero-order valence-electron chi connectivity index (χ0n) is 10.7. The van der Waals surface area contributed by atoms with Crippen LogP contribution in [0.2, 0.25) is 5.02 Å². The minimum absolute atomic E-state index is 0.291. The molecule has 0 spiro atoms. The first-order chi connectivity index (χ1) is 9.10. The molecule has 3 heteroatoms. The Balaban J connectivity index is 2.32. The molecule has 1 atom stereocenters. The van der Waals surface area contributed by atoms with Crippen LogP contribution in [0.25, 0.3) is 0 Å². The van der Waals surface area contributed by atoms with Crippen LogP contribution in [0.4, 0.5) is 4.39 Å². The second kappa shape index (κ2) is 6.18. The quantitative estimate of drug-likeness (QED) is 0.872. The predicted octanol–water partition coefficient (Wildman–Crippen LogP) is 4.51. The third kappa shape index (κ3) is 3.55. The topological polar surface area (TPSA) is 20.2 Å². The van der Waals surface area contributed by atoms with Gasteiger partial charge in [0.25, 0.3) is 0 Å². The molecule has 0 fully saturated rings. The third-order valence-electron chi connectivity index (χ3n) is 3.01. The first-order valence-corrected chi connectivity index (χ1v) is 6.71. The number of halogens is 2. The smallest absolute Gasteiger partial charge is 0.125 e. The first kappa shape index (κ1) is 14.0. The molecule has 19 heavy (non-hydrogen) atoms. The number of aryl methyl sites for hydroxylation is 1. The van der Waals surface area contributed by atoms with Crippen LogP contribution < -0.4 is 0 Å². The highest BCUT2D eigenvalue weighted by Crippen LogP contribution is 2.26. The summed E-state index contributed by atoms with van der Waals surface area (Å²) in [4.78, 5) is 0. The van der Waals surface area contributed by atoms with Gasteiger partial charge in [0.2, 0.25) is 0 Å². The highest BCUT2D eigenvalue weighted by Gasteiger charge is 2.12. The Kier molecular flexibility index (Phi) is 4.56. The second-order valence-electron chi connectivity index (χ2n) is 4.60. The zero-order chi connectivity index (χ0) is 13.8. The summed E-state index contributed by atoms with van der Waals surface area (Å²) in [6.45, 7) is 2.11. The fourth-order valence-corrected chi connectivity index (χ4v) is 2.36. The molecule has 0 heterocycles. The van der Waals surface area contributed by atoms with Gasteiger partial charge in [-0.05, 0) is 41.3 Å². The lowest BCUT2D eigenvalue weighted by atomic mass is 9.98. The van der Waals surface area contributed by atoms with E-state index in [0.29, 0.717) is 10.6 Å². The number of rotatable bonds is 4. The van der Waals surface area contributed by atoms with Gasteiger partial charge in [-0.1, -0.05) is 49.2 Å². The zero-order valence-corrected chi connectivity index (χ0v) is 11.5. The second-order valence-corrected chi connectivity index (χ2v) is 5.04. The van der Waals surface area contributed by atoms with E-state index in [1.54, 1.807) is 6.07 Å². The van der Waals surface area contributed by atoms with Gasteiger partial charge in [-0.3, -0.25) is 0 Å². The van der Waals surface area contributed by atoms with Gasteiger partial charge in [0, 0.05) is 5.02 Å².